The van der Waals surface area contributed by atoms with Crippen molar-refractivity contribution < 1.29 is 17.9 Å². The van der Waals surface area contributed by atoms with Gasteiger partial charge in [-0.1, -0.05) is 6.07 Å². The minimum atomic E-state index is -3.84. The van der Waals surface area contributed by atoms with Crippen LogP contribution in [0.2, 0.25) is 0 Å². The van der Waals surface area contributed by atoms with Gasteiger partial charge < -0.3 is 14.0 Å². The molecule has 0 aliphatic heterocycles. The number of fused-ring (bicyclic) bond motifs is 1. The summed E-state index contributed by atoms with van der Waals surface area (Å²) in [5.74, 6) is 0.514. The molecule has 2 rings (SSSR count). The lowest BCUT2D eigenvalue weighted by molar-refractivity contribution is 0.188. The van der Waals surface area contributed by atoms with Crippen molar-refractivity contribution in [2.24, 2.45) is 0 Å². The van der Waals surface area contributed by atoms with Gasteiger partial charge in [0.25, 0.3) is 9.05 Å². The summed E-state index contributed by atoms with van der Waals surface area (Å²) in [6.07, 6.45) is 1.52. The van der Waals surface area contributed by atoms with Gasteiger partial charge in [-0.05, 0) is 19.1 Å². The Kier molecular flexibility index (Phi) is 4.57. The van der Waals surface area contributed by atoms with E-state index in [-0.39, 0.29) is 4.90 Å². The van der Waals surface area contributed by atoms with Gasteiger partial charge in [0.2, 0.25) is 0 Å². The second-order valence-corrected chi connectivity index (χ2v) is 6.74. The summed E-state index contributed by atoms with van der Waals surface area (Å²) in [5, 5.41) is 0.514. The molecular formula is C13H16ClNO4S. The number of aromatic nitrogens is 1. The quantitative estimate of drug-likeness (QED) is 0.768. The van der Waals surface area contributed by atoms with Gasteiger partial charge in [0.05, 0.1) is 24.1 Å². The highest BCUT2D eigenvalue weighted by molar-refractivity contribution is 8.14. The molecule has 1 aromatic carbocycles. The summed E-state index contributed by atoms with van der Waals surface area (Å²) >= 11 is 0. The highest BCUT2D eigenvalue weighted by Gasteiger charge is 2.21. The molecule has 0 saturated carbocycles. The molecule has 0 N–H and O–H groups in total. The van der Waals surface area contributed by atoms with Crippen LogP contribution >= 0.6 is 10.7 Å². The maximum Gasteiger partial charge on any atom is 0.263 e. The molecule has 0 radical (unpaired) electrons. The number of nitrogens with zero attached hydrogens (tertiary/aromatic N) is 1. The Morgan fingerprint density at radius 3 is 2.70 bits per heavy atom. The number of halogens is 1. The summed E-state index contributed by atoms with van der Waals surface area (Å²) < 4.78 is 35.9. The van der Waals surface area contributed by atoms with E-state index in [9.17, 15) is 8.42 Å². The van der Waals surface area contributed by atoms with E-state index in [0.29, 0.717) is 30.9 Å². The molecule has 0 saturated heterocycles. The molecule has 0 unspecified atom stereocenters. The molecule has 0 atom stereocenters. The zero-order chi connectivity index (χ0) is 14.8. The highest BCUT2D eigenvalue weighted by Crippen LogP contribution is 2.35. The Morgan fingerprint density at radius 2 is 2.10 bits per heavy atom. The Balaban J connectivity index is 2.70. The van der Waals surface area contributed by atoms with Crippen LogP contribution in [0.4, 0.5) is 0 Å². The Bertz CT molecular complexity index is 708. The molecule has 1 heterocycles. The molecule has 0 bridgehead atoms. The molecule has 5 nitrogen and oxygen atoms in total. The van der Waals surface area contributed by atoms with E-state index in [0.717, 1.165) is 5.52 Å². The molecule has 0 amide bonds. The maximum atomic E-state index is 11.8. The van der Waals surface area contributed by atoms with Crippen molar-refractivity contribution in [3.05, 3.63) is 24.4 Å². The smallest absolute Gasteiger partial charge is 0.263 e. The van der Waals surface area contributed by atoms with Crippen LogP contribution < -0.4 is 4.74 Å². The van der Waals surface area contributed by atoms with Crippen LogP contribution in [-0.2, 0) is 20.3 Å². The summed E-state index contributed by atoms with van der Waals surface area (Å²) in [6, 6.07) is 5.39. The second kappa shape index (κ2) is 6.03. The number of methoxy groups -OCH3 is 1. The second-order valence-electron chi connectivity index (χ2n) is 4.20. The van der Waals surface area contributed by atoms with Crippen molar-refractivity contribution in [3.63, 3.8) is 0 Å². The normalized spacial score (nSPS) is 11.9. The molecule has 0 aliphatic rings. The van der Waals surface area contributed by atoms with E-state index in [2.05, 4.69) is 0 Å². The van der Waals surface area contributed by atoms with E-state index >= 15 is 0 Å². The average molecular weight is 318 g/mol. The predicted octanol–water partition coefficient (Wildman–Crippen LogP) is 2.61. The van der Waals surface area contributed by atoms with E-state index in [1.807, 2.05) is 19.1 Å². The van der Waals surface area contributed by atoms with Crippen molar-refractivity contribution >= 4 is 30.6 Å². The summed E-state index contributed by atoms with van der Waals surface area (Å²) in [7, 11) is 3.28. The Hall–Kier alpha value is -1.24. The number of benzene rings is 1. The first-order valence-electron chi connectivity index (χ1n) is 6.17. The number of hydrogen-bond acceptors (Lipinski definition) is 4. The number of rotatable bonds is 6. The zero-order valence-electron chi connectivity index (χ0n) is 11.3. The van der Waals surface area contributed by atoms with Crippen LogP contribution in [0.1, 0.15) is 6.92 Å². The van der Waals surface area contributed by atoms with E-state index < -0.39 is 9.05 Å². The van der Waals surface area contributed by atoms with E-state index in [1.165, 1.54) is 6.20 Å². The van der Waals surface area contributed by atoms with Crippen molar-refractivity contribution in [2.45, 2.75) is 18.4 Å². The van der Waals surface area contributed by atoms with E-state index in [4.69, 9.17) is 20.2 Å². The molecule has 7 heteroatoms. The fourth-order valence-electron chi connectivity index (χ4n) is 2.12. The van der Waals surface area contributed by atoms with Crippen LogP contribution in [0.3, 0.4) is 0 Å². The van der Waals surface area contributed by atoms with Crippen molar-refractivity contribution in [2.75, 3.05) is 20.3 Å². The maximum absolute atomic E-state index is 11.8. The largest absolute Gasteiger partial charge is 0.493 e. The molecule has 1 aromatic heterocycles. The van der Waals surface area contributed by atoms with Gasteiger partial charge in [0.1, 0.15) is 10.6 Å². The topological polar surface area (TPSA) is 57.5 Å². The monoisotopic (exact) mass is 317 g/mol. The summed E-state index contributed by atoms with van der Waals surface area (Å²) in [6.45, 7) is 3.30. The zero-order valence-corrected chi connectivity index (χ0v) is 12.9. The summed E-state index contributed by atoms with van der Waals surface area (Å²) in [4.78, 5) is 0.0642. The molecular weight excluding hydrogens is 302 g/mol. The molecule has 2 aromatic rings. The average Bonchev–Trinajstić information content (AvgIpc) is 2.76. The first-order chi connectivity index (χ1) is 9.49. The van der Waals surface area contributed by atoms with E-state index in [1.54, 1.807) is 17.7 Å². The van der Waals surface area contributed by atoms with Gasteiger partial charge in [0, 0.05) is 30.5 Å². The Morgan fingerprint density at radius 1 is 1.35 bits per heavy atom. The SMILES string of the molecule is CCOc1cccc2c1c(S(=O)(=O)Cl)cn2CCOC. The molecule has 110 valence electrons. The third kappa shape index (κ3) is 2.92. The summed E-state index contributed by atoms with van der Waals surface area (Å²) in [5.41, 5.74) is 0.757. The van der Waals surface area contributed by atoms with Crippen molar-refractivity contribution in [1.82, 2.24) is 4.57 Å². The molecule has 20 heavy (non-hydrogen) atoms. The van der Waals surface area contributed by atoms with Gasteiger partial charge in [-0.2, -0.15) is 0 Å². The lowest BCUT2D eigenvalue weighted by Crippen LogP contribution is -2.02. The molecule has 0 spiro atoms. The van der Waals surface area contributed by atoms with Crippen molar-refractivity contribution in [1.29, 1.82) is 0 Å². The fraction of sp³-hybridized carbons (Fsp3) is 0.385. The number of hydrogen-bond donors (Lipinski definition) is 0. The highest BCUT2D eigenvalue weighted by atomic mass is 35.7. The molecule has 0 fully saturated rings. The van der Waals surface area contributed by atoms with Crippen LogP contribution in [-0.4, -0.2) is 33.3 Å². The van der Waals surface area contributed by atoms with Crippen LogP contribution in [0.5, 0.6) is 5.75 Å². The first kappa shape index (κ1) is 15.2. The van der Waals surface area contributed by atoms with Gasteiger partial charge in [-0.15, -0.1) is 0 Å². The van der Waals surface area contributed by atoms with Crippen LogP contribution in [0.15, 0.2) is 29.3 Å². The third-order valence-electron chi connectivity index (χ3n) is 2.93. The van der Waals surface area contributed by atoms with Gasteiger partial charge in [-0.3, -0.25) is 0 Å². The lowest BCUT2D eigenvalue weighted by atomic mass is 10.2. The van der Waals surface area contributed by atoms with Gasteiger partial charge in [0.15, 0.2) is 0 Å². The minimum Gasteiger partial charge on any atom is -0.493 e. The standard InChI is InChI=1S/C13H16ClNO4S/c1-3-19-11-6-4-5-10-13(11)12(20(14,16)17)9-15(10)7-8-18-2/h4-6,9H,3,7-8H2,1-2H3. The molecule has 0 aliphatic carbocycles. The third-order valence-corrected chi connectivity index (χ3v) is 4.27. The minimum absolute atomic E-state index is 0.0642. The fourth-order valence-corrected chi connectivity index (χ4v) is 3.17. The number of ether oxygens (including phenoxy) is 2. The van der Waals surface area contributed by atoms with Crippen LogP contribution in [0, 0.1) is 0 Å². The van der Waals surface area contributed by atoms with Gasteiger partial charge >= 0.3 is 0 Å². The van der Waals surface area contributed by atoms with Gasteiger partial charge in [-0.25, -0.2) is 8.42 Å². The predicted molar refractivity (Wildman–Crippen MR) is 78.0 cm³/mol. The van der Waals surface area contributed by atoms with Crippen molar-refractivity contribution in [3.8, 4) is 5.75 Å². The lowest BCUT2D eigenvalue weighted by Gasteiger charge is -2.07. The Labute approximate surface area is 122 Å². The first-order valence-corrected chi connectivity index (χ1v) is 8.48. The van der Waals surface area contributed by atoms with Crippen LogP contribution in [0.25, 0.3) is 10.9 Å².